The molecule has 0 saturated carbocycles. The number of hydrogen-bond donors (Lipinski definition) is 0. The molecule has 0 radical (unpaired) electrons. The summed E-state index contributed by atoms with van der Waals surface area (Å²) in [5.41, 5.74) is 5.49. The minimum Gasteiger partial charge on any atom is -0.496 e. The molecule has 0 N–H and O–H groups in total. The van der Waals surface area contributed by atoms with E-state index in [1.165, 1.54) is 22.3 Å². The number of rotatable bonds is 6. The number of alkyl halides is 1. The van der Waals surface area contributed by atoms with Gasteiger partial charge in [-0.25, -0.2) is 0 Å². The highest BCUT2D eigenvalue weighted by Gasteiger charge is 2.13. The predicted molar refractivity (Wildman–Crippen MR) is 93.6 cm³/mol. The van der Waals surface area contributed by atoms with Gasteiger partial charge in [0.2, 0.25) is 0 Å². The Bertz CT molecular complexity index is 592. The summed E-state index contributed by atoms with van der Waals surface area (Å²) in [5, 5.41) is 0. The van der Waals surface area contributed by atoms with E-state index in [0.717, 1.165) is 25.0 Å². The topological polar surface area (TPSA) is 9.23 Å². The van der Waals surface area contributed by atoms with Crippen molar-refractivity contribution in [1.82, 2.24) is 0 Å². The van der Waals surface area contributed by atoms with Crippen LogP contribution in [0.3, 0.4) is 0 Å². The first-order valence-electron chi connectivity index (χ1n) is 7.57. The lowest BCUT2D eigenvalue weighted by Crippen LogP contribution is -2.00. The molecule has 1 unspecified atom stereocenters. The van der Waals surface area contributed by atoms with Crippen LogP contribution >= 0.6 is 15.9 Å². The van der Waals surface area contributed by atoms with Crippen molar-refractivity contribution in [2.24, 2.45) is 0 Å². The van der Waals surface area contributed by atoms with E-state index < -0.39 is 0 Å². The fourth-order valence-electron chi connectivity index (χ4n) is 2.70. The fraction of sp³-hybridized carbons (Fsp3) is 0.368. The van der Waals surface area contributed by atoms with Crippen LogP contribution < -0.4 is 4.74 Å². The standard InChI is InChI=1S/C19H23BrO/c1-4-14-10-11-16(12-15(14)5-2)18(20)13-17-8-6-7-9-19(17)21-3/h6-12,18H,4-5,13H2,1-3H3. The third-order valence-electron chi connectivity index (χ3n) is 3.95. The van der Waals surface area contributed by atoms with E-state index in [1.54, 1.807) is 7.11 Å². The van der Waals surface area contributed by atoms with Gasteiger partial charge in [-0.1, -0.05) is 66.2 Å². The molecule has 112 valence electrons. The normalized spacial score (nSPS) is 12.2. The second kappa shape index (κ2) is 7.65. The molecular formula is C19H23BrO. The lowest BCUT2D eigenvalue weighted by atomic mass is 9.96. The smallest absolute Gasteiger partial charge is 0.122 e. The summed E-state index contributed by atoms with van der Waals surface area (Å²) < 4.78 is 5.44. The third kappa shape index (κ3) is 3.88. The van der Waals surface area contributed by atoms with E-state index in [2.05, 4.69) is 60.1 Å². The van der Waals surface area contributed by atoms with E-state index in [9.17, 15) is 0 Å². The van der Waals surface area contributed by atoms with Gasteiger partial charge in [0.15, 0.2) is 0 Å². The van der Waals surface area contributed by atoms with Crippen LogP contribution in [0, 0.1) is 0 Å². The molecule has 21 heavy (non-hydrogen) atoms. The summed E-state index contributed by atoms with van der Waals surface area (Å²) >= 11 is 3.84. The van der Waals surface area contributed by atoms with Crippen molar-refractivity contribution in [3.05, 3.63) is 64.7 Å². The molecule has 0 aliphatic rings. The molecule has 1 atom stereocenters. The van der Waals surface area contributed by atoms with Crippen LogP contribution in [0.25, 0.3) is 0 Å². The second-order valence-electron chi connectivity index (χ2n) is 5.22. The van der Waals surface area contributed by atoms with Crippen LogP contribution in [-0.4, -0.2) is 7.11 Å². The maximum atomic E-state index is 5.44. The first kappa shape index (κ1) is 16.1. The summed E-state index contributed by atoms with van der Waals surface area (Å²) in [5.74, 6) is 0.961. The van der Waals surface area contributed by atoms with Crippen LogP contribution in [0.4, 0.5) is 0 Å². The van der Waals surface area contributed by atoms with Crippen molar-refractivity contribution in [3.8, 4) is 5.75 Å². The molecule has 2 heteroatoms. The summed E-state index contributed by atoms with van der Waals surface area (Å²) in [7, 11) is 1.73. The first-order chi connectivity index (χ1) is 10.2. The van der Waals surface area contributed by atoms with Crippen molar-refractivity contribution in [2.45, 2.75) is 37.9 Å². The van der Waals surface area contributed by atoms with Crippen LogP contribution in [0.15, 0.2) is 42.5 Å². The molecule has 0 aliphatic heterocycles. The zero-order valence-electron chi connectivity index (χ0n) is 13.0. The average molecular weight is 347 g/mol. The Morgan fingerprint density at radius 2 is 1.67 bits per heavy atom. The third-order valence-corrected chi connectivity index (χ3v) is 4.80. The largest absolute Gasteiger partial charge is 0.496 e. The Morgan fingerprint density at radius 1 is 0.952 bits per heavy atom. The molecule has 0 aliphatic carbocycles. The summed E-state index contributed by atoms with van der Waals surface area (Å²) in [6, 6.07) is 15.1. The van der Waals surface area contributed by atoms with Gasteiger partial charge in [0.1, 0.15) is 5.75 Å². The second-order valence-corrected chi connectivity index (χ2v) is 6.32. The zero-order valence-corrected chi connectivity index (χ0v) is 14.6. The molecule has 1 nitrogen and oxygen atoms in total. The molecule has 2 aromatic carbocycles. The predicted octanol–water partition coefficient (Wildman–Crippen LogP) is 5.50. The minimum absolute atomic E-state index is 0.310. The molecule has 0 fully saturated rings. The molecule has 0 heterocycles. The average Bonchev–Trinajstić information content (AvgIpc) is 2.54. The molecule has 2 rings (SSSR count). The lowest BCUT2D eigenvalue weighted by Gasteiger charge is -2.15. The zero-order chi connectivity index (χ0) is 15.2. The van der Waals surface area contributed by atoms with Gasteiger partial charge in [-0.15, -0.1) is 0 Å². The summed E-state index contributed by atoms with van der Waals surface area (Å²) in [4.78, 5) is 0.310. The van der Waals surface area contributed by atoms with Gasteiger partial charge in [0.25, 0.3) is 0 Å². The maximum Gasteiger partial charge on any atom is 0.122 e. The monoisotopic (exact) mass is 346 g/mol. The Kier molecular flexibility index (Phi) is 5.86. The number of hydrogen-bond acceptors (Lipinski definition) is 1. The molecule has 0 saturated heterocycles. The highest BCUT2D eigenvalue weighted by Crippen LogP contribution is 2.32. The van der Waals surface area contributed by atoms with E-state index >= 15 is 0 Å². The van der Waals surface area contributed by atoms with Crippen LogP contribution in [0.2, 0.25) is 0 Å². The SMILES string of the molecule is CCc1ccc(C(Br)Cc2ccccc2OC)cc1CC. The van der Waals surface area contributed by atoms with Crippen LogP contribution in [-0.2, 0) is 19.3 Å². The number of methoxy groups -OCH3 is 1. The van der Waals surface area contributed by atoms with Gasteiger partial charge >= 0.3 is 0 Å². The van der Waals surface area contributed by atoms with Crippen molar-refractivity contribution >= 4 is 15.9 Å². The van der Waals surface area contributed by atoms with Gasteiger partial charge in [-0.05, 0) is 47.6 Å². The van der Waals surface area contributed by atoms with Gasteiger partial charge < -0.3 is 4.74 Å². The Morgan fingerprint density at radius 3 is 2.33 bits per heavy atom. The molecule has 0 bridgehead atoms. The minimum atomic E-state index is 0.310. The van der Waals surface area contributed by atoms with E-state index in [0.29, 0.717) is 4.83 Å². The number of benzene rings is 2. The molecule has 0 spiro atoms. The van der Waals surface area contributed by atoms with Crippen LogP contribution in [0.5, 0.6) is 5.75 Å². The van der Waals surface area contributed by atoms with Crippen molar-refractivity contribution in [2.75, 3.05) is 7.11 Å². The molecule has 2 aromatic rings. The molecule has 0 aromatic heterocycles. The summed E-state index contributed by atoms with van der Waals surface area (Å²) in [6.07, 6.45) is 3.12. The van der Waals surface area contributed by atoms with Gasteiger partial charge in [-0.3, -0.25) is 0 Å². The molecule has 0 amide bonds. The maximum absolute atomic E-state index is 5.44. The van der Waals surface area contributed by atoms with E-state index in [4.69, 9.17) is 4.74 Å². The highest BCUT2D eigenvalue weighted by molar-refractivity contribution is 9.09. The van der Waals surface area contributed by atoms with E-state index in [1.807, 2.05) is 12.1 Å². The fourth-order valence-corrected chi connectivity index (χ4v) is 3.33. The van der Waals surface area contributed by atoms with E-state index in [-0.39, 0.29) is 0 Å². The highest BCUT2D eigenvalue weighted by atomic mass is 79.9. The van der Waals surface area contributed by atoms with Gasteiger partial charge in [0.05, 0.1) is 7.11 Å². The first-order valence-corrected chi connectivity index (χ1v) is 8.48. The summed E-state index contributed by atoms with van der Waals surface area (Å²) in [6.45, 7) is 4.44. The van der Waals surface area contributed by atoms with Gasteiger partial charge in [0, 0.05) is 4.83 Å². The number of aryl methyl sites for hydroxylation is 2. The number of para-hydroxylation sites is 1. The van der Waals surface area contributed by atoms with Crippen molar-refractivity contribution in [1.29, 1.82) is 0 Å². The quantitative estimate of drug-likeness (QED) is 0.627. The molecular weight excluding hydrogens is 324 g/mol. The Balaban J connectivity index is 2.22. The Labute approximate surface area is 136 Å². The number of halogens is 1. The Hall–Kier alpha value is -1.28. The van der Waals surface area contributed by atoms with Crippen molar-refractivity contribution < 1.29 is 4.74 Å². The van der Waals surface area contributed by atoms with Gasteiger partial charge in [-0.2, -0.15) is 0 Å². The lowest BCUT2D eigenvalue weighted by molar-refractivity contribution is 0.409. The number of ether oxygens (including phenoxy) is 1. The van der Waals surface area contributed by atoms with Crippen LogP contribution in [0.1, 0.15) is 40.9 Å². The van der Waals surface area contributed by atoms with Crippen molar-refractivity contribution in [3.63, 3.8) is 0 Å².